The van der Waals surface area contributed by atoms with Gasteiger partial charge in [0.2, 0.25) is 5.56 Å². The smallest absolute Gasteiger partial charge is 0.250 e. The molecule has 2 aromatic rings. The van der Waals surface area contributed by atoms with E-state index in [0.717, 1.165) is 64.4 Å². The van der Waals surface area contributed by atoms with E-state index >= 15 is 0 Å². The van der Waals surface area contributed by atoms with Crippen LogP contribution in [0.2, 0.25) is 0 Å². The first kappa shape index (κ1) is 23.1. The highest BCUT2D eigenvalue weighted by molar-refractivity contribution is 5.79. The highest BCUT2D eigenvalue weighted by Gasteiger charge is 2.27. The quantitative estimate of drug-likeness (QED) is 0.366. The van der Waals surface area contributed by atoms with Gasteiger partial charge in [0.15, 0.2) is 5.96 Å². The monoisotopic (exact) mass is 424 g/mol. The number of pyridine rings is 1. The third kappa shape index (κ3) is 7.24. The van der Waals surface area contributed by atoms with Crippen LogP contribution < -0.4 is 16.2 Å². The van der Waals surface area contributed by atoms with Gasteiger partial charge in [-0.3, -0.25) is 9.79 Å². The molecule has 6 nitrogen and oxygen atoms in total. The molecule has 31 heavy (non-hydrogen) atoms. The molecule has 168 valence electrons. The van der Waals surface area contributed by atoms with Gasteiger partial charge >= 0.3 is 0 Å². The third-order valence-electron chi connectivity index (χ3n) is 5.70. The summed E-state index contributed by atoms with van der Waals surface area (Å²) >= 11 is 0. The molecule has 2 atom stereocenters. The van der Waals surface area contributed by atoms with Crippen molar-refractivity contribution >= 4 is 5.96 Å². The number of aromatic nitrogens is 1. The second-order valence-electron chi connectivity index (χ2n) is 8.19. The lowest BCUT2D eigenvalue weighted by molar-refractivity contribution is -0.0250. The van der Waals surface area contributed by atoms with E-state index in [2.05, 4.69) is 48.7 Å². The molecule has 3 rings (SSSR count). The Hall–Kier alpha value is -2.60. The van der Waals surface area contributed by atoms with Gasteiger partial charge in [0.25, 0.3) is 0 Å². The number of unbranched alkanes of at least 4 members (excludes halogenated alkanes) is 1. The molecule has 0 bridgehead atoms. The highest BCUT2D eigenvalue weighted by atomic mass is 16.5. The van der Waals surface area contributed by atoms with Crippen molar-refractivity contribution < 1.29 is 4.74 Å². The summed E-state index contributed by atoms with van der Waals surface area (Å²) in [6.45, 7) is 8.16. The number of benzene rings is 1. The highest BCUT2D eigenvalue weighted by Crippen LogP contribution is 2.33. The molecular weight excluding hydrogens is 388 g/mol. The Morgan fingerprint density at radius 2 is 2.00 bits per heavy atom. The number of guanidine groups is 1. The minimum atomic E-state index is 0.0585. The molecule has 1 saturated heterocycles. The van der Waals surface area contributed by atoms with Gasteiger partial charge < -0.3 is 19.9 Å². The zero-order valence-corrected chi connectivity index (χ0v) is 18.8. The van der Waals surface area contributed by atoms with Crippen LogP contribution in [0.3, 0.4) is 0 Å². The summed E-state index contributed by atoms with van der Waals surface area (Å²) < 4.78 is 7.89. The largest absolute Gasteiger partial charge is 0.373 e. The standard InChI is InChI=1S/C25H36N4O2/c1-3-26-25(27-15-5-7-17-29-16-6-4-10-23(29)30)28-19-22-9-8-18-31-24(22)21-13-11-20(2)12-14-21/h4,6,10-14,16,22,24H,3,5,7-9,15,17-19H2,1-2H3,(H2,26,27,28). The molecule has 1 fully saturated rings. The van der Waals surface area contributed by atoms with Crippen molar-refractivity contribution in [2.24, 2.45) is 10.9 Å². The molecule has 1 aromatic carbocycles. The zero-order valence-electron chi connectivity index (χ0n) is 18.8. The average molecular weight is 425 g/mol. The molecule has 0 aliphatic carbocycles. The van der Waals surface area contributed by atoms with Crippen LogP contribution in [-0.2, 0) is 11.3 Å². The SMILES string of the molecule is CCNC(=NCC1CCCOC1c1ccc(C)cc1)NCCCCn1ccccc1=O. The fourth-order valence-corrected chi connectivity index (χ4v) is 3.96. The van der Waals surface area contributed by atoms with Crippen LogP contribution in [0, 0.1) is 12.8 Å². The van der Waals surface area contributed by atoms with Crippen molar-refractivity contribution in [2.45, 2.75) is 52.2 Å². The first-order valence-corrected chi connectivity index (χ1v) is 11.5. The predicted octanol–water partition coefficient (Wildman–Crippen LogP) is 3.66. The molecule has 0 saturated carbocycles. The molecule has 6 heteroatoms. The van der Waals surface area contributed by atoms with E-state index in [0.29, 0.717) is 5.92 Å². The maximum absolute atomic E-state index is 11.8. The molecule has 1 aliphatic heterocycles. The lowest BCUT2D eigenvalue weighted by atomic mass is 9.89. The van der Waals surface area contributed by atoms with E-state index in [1.807, 2.05) is 12.3 Å². The van der Waals surface area contributed by atoms with Gasteiger partial charge in [0.05, 0.1) is 6.10 Å². The van der Waals surface area contributed by atoms with Gasteiger partial charge in [-0.05, 0) is 51.2 Å². The number of rotatable bonds is 9. The van der Waals surface area contributed by atoms with Gasteiger partial charge in [-0.15, -0.1) is 0 Å². The minimum Gasteiger partial charge on any atom is -0.373 e. The Labute approximate surface area is 185 Å². The number of hydrogen-bond donors (Lipinski definition) is 2. The van der Waals surface area contributed by atoms with Crippen molar-refractivity contribution in [3.8, 4) is 0 Å². The van der Waals surface area contributed by atoms with Gasteiger partial charge in [0.1, 0.15) is 0 Å². The minimum absolute atomic E-state index is 0.0585. The number of aliphatic imine (C=N–C) groups is 1. The van der Waals surface area contributed by atoms with E-state index in [4.69, 9.17) is 9.73 Å². The Bertz CT molecular complexity index is 876. The number of nitrogens with zero attached hydrogens (tertiary/aromatic N) is 2. The van der Waals surface area contributed by atoms with Crippen LogP contribution in [0.15, 0.2) is 58.4 Å². The fraction of sp³-hybridized carbons (Fsp3) is 0.520. The van der Waals surface area contributed by atoms with E-state index in [-0.39, 0.29) is 11.7 Å². The zero-order chi connectivity index (χ0) is 21.9. The molecule has 0 spiro atoms. The summed E-state index contributed by atoms with van der Waals surface area (Å²) in [7, 11) is 0. The molecule has 2 unspecified atom stereocenters. The van der Waals surface area contributed by atoms with Crippen LogP contribution >= 0.6 is 0 Å². The second-order valence-corrected chi connectivity index (χ2v) is 8.19. The van der Waals surface area contributed by atoms with Crippen LogP contribution in [0.1, 0.15) is 49.8 Å². The number of ether oxygens (including phenoxy) is 1. The molecular formula is C25H36N4O2. The molecule has 1 aromatic heterocycles. The maximum Gasteiger partial charge on any atom is 0.250 e. The molecule has 0 amide bonds. The number of nitrogens with one attached hydrogen (secondary N) is 2. The lowest BCUT2D eigenvalue weighted by Gasteiger charge is -2.31. The fourth-order valence-electron chi connectivity index (χ4n) is 3.96. The van der Waals surface area contributed by atoms with E-state index < -0.39 is 0 Å². The molecule has 2 heterocycles. The normalized spacial score (nSPS) is 19.2. The summed E-state index contributed by atoms with van der Waals surface area (Å²) in [6, 6.07) is 14.0. The van der Waals surface area contributed by atoms with E-state index in [1.54, 1.807) is 16.7 Å². The summed E-state index contributed by atoms with van der Waals surface area (Å²) in [6.07, 6.45) is 6.11. The van der Waals surface area contributed by atoms with Crippen LogP contribution in [0.4, 0.5) is 0 Å². The average Bonchev–Trinajstić information content (AvgIpc) is 2.79. The van der Waals surface area contributed by atoms with Crippen molar-refractivity contribution in [3.63, 3.8) is 0 Å². The maximum atomic E-state index is 11.8. The Kier molecular flexibility index (Phi) is 9.16. The Balaban J connectivity index is 1.50. The topological polar surface area (TPSA) is 67.7 Å². The summed E-state index contributed by atoms with van der Waals surface area (Å²) in [4.78, 5) is 16.6. The summed E-state index contributed by atoms with van der Waals surface area (Å²) in [5.41, 5.74) is 2.58. The summed E-state index contributed by atoms with van der Waals surface area (Å²) in [5, 5.41) is 6.78. The Morgan fingerprint density at radius 1 is 1.16 bits per heavy atom. The predicted molar refractivity (Wildman–Crippen MR) is 127 cm³/mol. The van der Waals surface area contributed by atoms with Crippen LogP contribution in [-0.4, -0.2) is 36.8 Å². The van der Waals surface area contributed by atoms with Gasteiger partial charge in [-0.25, -0.2) is 0 Å². The molecule has 1 aliphatic rings. The van der Waals surface area contributed by atoms with Crippen LogP contribution in [0.25, 0.3) is 0 Å². The van der Waals surface area contributed by atoms with E-state index in [1.165, 1.54) is 11.1 Å². The molecule has 2 N–H and O–H groups in total. The van der Waals surface area contributed by atoms with Crippen molar-refractivity contribution in [1.29, 1.82) is 0 Å². The van der Waals surface area contributed by atoms with Crippen molar-refractivity contribution in [1.82, 2.24) is 15.2 Å². The lowest BCUT2D eigenvalue weighted by Crippen LogP contribution is -2.38. The van der Waals surface area contributed by atoms with Crippen molar-refractivity contribution in [2.75, 3.05) is 26.2 Å². The summed E-state index contributed by atoms with van der Waals surface area (Å²) in [5.74, 6) is 1.24. The van der Waals surface area contributed by atoms with Crippen LogP contribution in [0.5, 0.6) is 0 Å². The van der Waals surface area contributed by atoms with Gasteiger partial charge in [0, 0.05) is 51.0 Å². The number of aryl methyl sites for hydroxylation is 2. The van der Waals surface area contributed by atoms with Crippen molar-refractivity contribution in [3.05, 3.63) is 70.1 Å². The first-order valence-electron chi connectivity index (χ1n) is 11.5. The second kappa shape index (κ2) is 12.3. The van der Waals surface area contributed by atoms with E-state index in [9.17, 15) is 4.79 Å². The number of hydrogen-bond acceptors (Lipinski definition) is 3. The first-order chi connectivity index (χ1) is 15.2. The van der Waals surface area contributed by atoms with Gasteiger partial charge in [-0.2, -0.15) is 0 Å². The Morgan fingerprint density at radius 3 is 2.77 bits per heavy atom. The third-order valence-corrected chi connectivity index (χ3v) is 5.70. The van der Waals surface area contributed by atoms with Gasteiger partial charge in [-0.1, -0.05) is 35.9 Å². The molecule has 0 radical (unpaired) electrons.